The highest BCUT2D eigenvalue weighted by Gasteiger charge is 2.60. The van der Waals surface area contributed by atoms with Gasteiger partial charge in [-0.15, -0.1) is 0 Å². The van der Waals surface area contributed by atoms with Crippen LogP contribution in [0.1, 0.15) is 42.0 Å². The molecule has 2 heteroatoms. The number of fused-ring (bicyclic) bond motifs is 3. The molecule has 1 aromatic heterocycles. The zero-order valence-electron chi connectivity index (χ0n) is 31.8. The Labute approximate surface area is 329 Å². The molecule has 0 radical (unpaired) electrons. The molecule has 270 valence electrons. The number of ether oxygens (including phenoxy) is 1. The van der Waals surface area contributed by atoms with Crippen LogP contribution in [0.2, 0.25) is 0 Å². The third-order valence-corrected chi connectivity index (χ3v) is 12.6. The van der Waals surface area contributed by atoms with Crippen molar-refractivity contribution < 1.29 is 4.74 Å². The van der Waals surface area contributed by atoms with Gasteiger partial charge in [-0.25, -0.2) is 4.98 Å². The molecule has 0 N–H and O–H groups in total. The summed E-state index contributed by atoms with van der Waals surface area (Å²) >= 11 is 0. The van der Waals surface area contributed by atoms with Gasteiger partial charge in [0.2, 0.25) is 0 Å². The van der Waals surface area contributed by atoms with E-state index in [0.29, 0.717) is 0 Å². The topological polar surface area (TPSA) is 22.1 Å². The normalized spacial score (nSPS) is 19.9. The molecular formula is C54H43NO. The Morgan fingerprint density at radius 3 is 2.05 bits per heavy atom. The molecule has 2 nitrogen and oxygen atoms in total. The van der Waals surface area contributed by atoms with Gasteiger partial charge >= 0.3 is 0 Å². The Bertz CT molecular complexity index is 2760. The summed E-state index contributed by atoms with van der Waals surface area (Å²) in [5.41, 5.74) is 13.2. The first-order valence-corrected chi connectivity index (χ1v) is 19.8. The predicted octanol–water partition coefficient (Wildman–Crippen LogP) is 13.7. The minimum Gasteiger partial charge on any atom is -0.489 e. The van der Waals surface area contributed by atoms with E-state index in [2.05, 4.69) is 208 Å². The van der Waals surface area contributed by atoms with Crippen LogP contribution in [-0.2, 0) is 5.41 Å². The number of rotatable bonds is 6. The second kappa shape index (κ2) is 13.7. The van der Waals surface area contributed by atoms with Crippen molar-refractivity contribution in [1.82, 2.24) is 4.98 Å². The van der Waals surface area contributed by atoms with Crippen molar-refractivity contribution in [3.05, 3.63) is 216 Å². The maximum Gasteiger partial charge on any atom is 0.124 e. The van der Waals surface area contributed by atoms with Gasteiger partial charge in [0.05, 0.1) is 16.8 Å². The molecule has 56 heavy (non-hydrogen) atoms. The van der Waals surface area contributed by atoms with Crippen LogP contribution in [0.25, 0.3) is 55.5 Å². The van der Waals surface area contributed by atoms with Crippen LogP contribution in [0.3, 0.4) is 0 Å². The highest BCUT2D eigenvalue weighted by molar-refractivity contribution is 5.97. The van der Waals surface area contributed by atoms with Gasteiger partial charge in [-0.2, -0.15) is 0 Å². The monoisotopic (exact) mass is 721 g/mol. The van der Waals surface area contributed by atoms with Crippen molar-refractivity contribution in [1.29, 1.82) is 0 Å². The van der Waals surface area contributed by atoms with E-state index >= 15 is 0 Å². The maximum absolute atomic E-state index is 6.88. The van der Waals surface area contributed by atoms with Crippen molar-refractivity contribution in [3.63, 3.8) is 0 Å². The number of hydrogen-bond acceptors (Lipinski definition) is 2. The van der Waals surface area contributed by atoms with E-state index in [1.54, 1.807) is 0 Å². The molecule has 10 rings (SSSR count). The third-order valence-electron chi connectivity index (χ3n) is 12.6. The Hall–Kier alpha value is -6.51. The number of nitrogens with zero attached hydrogens (tertiary/aromatic N) is 1. The van der Waals surface area contributed by atoms with Crippen LogP contribution in [0.15, 0.2) is 194 Å². The van der Waals surface area contributed by atoms with Crippen LogP contribution in [0.4, 0.5) is 0 Å². The lowest BCUT2D eigenvalue weighted by molar-refractivity contribution is -0.00478. The van der Waals surface area contributed by atoms with Crippen LogP contribution in [0, 0.1) is 12.3 Å². The molecular weight excluding hydrogens is 679 g/mol. The van der Waals surface area contributed by atoms with Crippen molar-refractivity contribution in [2.75, 3.05) is 0 Å². The van der Waals surface area contributed by atoms with E-state index in [1.807, 2.05) is 0 Å². The first kappa shape index (κ1) is 34.0. The molecule has 0 bridgehead atoms. The molecule has 2 heterocycles. The number of para-hydroxylation sites is 1. The van der Waals surface area contributed by atoms with Gasteiger partial charge in [-0.3, -0.25) is 0 Å². The second-order valence-corrected chi connectivity index (χ2v) is 15.6. The number of hydrogen-bond donors (Lipinski definition) is 0. The predicted molar refractivity (Wildman–Crippen MR) is 232 cm³/mol. The fourth-order valence-corrected chi connectivity index (χ4v) is 9.85. The quantitative estimate of drug-likeness (QED) is 0.160. The zero-order chi connectivity index (χ0) is 37.7. The minimum absolute atomic E-state index is 0.0384. The second-order valence-electron chi connectivity index (χ2n) is 15.6. The number of benzene rings is 7. The standard InChI is InChI=1S/C54H43NO/c1-37-47(39-18-5-3-6-19-39)36-49(46-29-17-21-38-20-9-10-28-45(38)46)55-52(37)42-24-15-22-40(34-42)41-23-16-27-44(35-41)54(43-25-7-4-8-26-43)48-30-11-12-31-50(48)56-51-32-13-14-33-53(51,54)2/h3-31,34-36,51H,32-33H2,1-2H3. The van der Waals surface area contributed by atoms with Crippen molar-refractivity contribution in [2.45, 2.75) is 38.2 Å². The van der Waals surface area contributed by atoms with Gasteiger partial charge < -0.3 is 4.74 Å². The first-order valence-electron chi connectivity index (χ1n) is 19.8. The van der Waals surface area contributed by atoms with Crippen LogP contribution in [0.5, 0.6) is 5.75 Å². The SMILES string of the molecule is Cc1c(-c2ccccc2)cc(-c2cccc3ccccc23)nc1-c1cccc(-c2cccc(C3(c4ccccc4)c4ccccc4OC4CC=CCC43C)c2)c1. The van der Waals surface area contributed by atoms with E-state index in [9.17, 15) is 0 Å². The number of pyridine rings is 1. The molecule has 0 fully saturated rings. The fourth-order valence-electron chi connectivity index (χ4n) is 9.85. The Morgan fingerprint density at radius 2 is 1.20 bits per heavy atom. The van der Waals surface area contributed by atoms with E-state index in [-0.39, 0.29) is 11.5 Å². The van der Waals surface area contributed by atoms with E-state index in [1.165, 1.54) is 44.2 Å². The number of allylic oxidation sites excluding steroid dienone is 1. The van der Waals surface area contributed by atoms with Crippen molar-refractivity contribution in [3.8, 4) is 50.5 Å². The highest BCUT2D eigenvalue weighted by Crippen LogP contribution is 2.62. The van der Waals surface area contributed by atoms with Crippen LogP contribution >= 0.6 is 0 Å². The number of aromatic nitrogens is 1. The highest BCUT2D eigenvalue weighted by atomic mass is 16.5. The minimum atomic E-state index is -0.443. The Morgan fingerprint density at radius 1 is 0.554 bits per heavy atom. The molecule has 8 aromatic rings. The average molecular weight is 722 g/mol. The van der Waals surface area contributed by atoms with E-state index in [0.717, 1.165) is 52.2 Å². The first-order chi connectivity index (χ1) is 27.5. The zero-order valence-corrected chi connectivity index (χ0v) is 31.8. The van der Waals surface area contributed by atoms with Crippen molar-refractivity contribution >= 4 is 10.8 Å². The summed E-state index contributed by atoms with van der Waals surface area (Å²) in [5, 5.41) is 2.41. The summed E-state index contributed by atoms with van der Waals surface area (Å²) in [6.07, 6.45) is 6.51. The largest absolute Gasteiger partial charge is 0.489 e. The molecule has 0 spiro atoms. The molecule has 0 saturated heterocycles. The lowest BCUT2D eigenvalue weighted by atomic mass is 9.49. The van der Waals surface area contributed by atoms with Gasteiger partial charge in [0.25, 0.3) is 0 Å². The van der Waals surface area contributed by atoms with Gasteiger partial charge in [0.1, 0.15) is 11.9 Å². The smallest absolute Gasteiger partial charge is 0.124 e. The average Bonchev–Trinajstić information content (AvgIpc) is 3.26. The molecule has 0 amide bonds. The lowest BCUT2D eigenvalue weighted by Gasteiger charge is -2.57. The summed E-state index contributed by atoms with van der Waals surface area (Å²) in [7, 11) is 0. The molecule has 0 saturated carbocycles. The molecule has 1 aliphatic heterocycles. The lowest BCUT2D eigenvalue weighted by Crippen LogP contribution is -2.57. The molecule has 3 atom stereocenters. The Balaban J connectivity index is 1.16. The summed E-state index contributed by atoms with van der Waals surface area (Å²) in [5.74, 6) is 0.975. The van der Waals surface area contributed by atoms with Crippen LogP contribution in [-0.4, -0.2) is 11.1 Å². The van der Waals surface area contributed by atoms with Gasteiger partial charge in [0, 0.05) is 28.5 Å². The van der Waals surface area contributed by atoms with E-state index < -0.39 is 5.41 Å². The molecule has 1 aliphatic carbocycles. The third kappa shape index (κ3) is 5.35. The van der Waals surface area contributed by atoms with Crippen molar-refractivity contribution in [2.24, 2.45) is 5.41 Å². The summed E-state index contributed by atoms with van der Waals surface area (Å²) in [4.78, 5) is 5.48. The maximum atomic E-state index is 6.88. The van der Waals surface area contributed by atoms with Gasteiger partial charge in [-0.1, -0.05) is 177 Å². The molecule has 2 aliphatic rings. The van der Waals surface area contributed by atoms with E-state index in [4.69, 9.17) is 9.72 Å². The van der Waals surface area contributed by atoms with Crippen LogP contribution < -0.4 is 4.74 Å². The Kier molecular flexibility index (Phi) is 8.29. The molecule has 3 unspecified atom stereocenters. The fraction of sp³-hybridized carbons (Fsp3) is 0.130. The van der Waals surface area contributed by atoms with Gasteiger partial charge in [-0.05, 0) is 87.3 Å². The summed E-state index contributed by atoms with van der Waals surface area (Å²) in [6.45, 7) is 4.66. The van der Waals surface area contributed by atoms with Gasteiger partial charge in [0.15, 0.2) is 0 Å². The molecule has 7 aromatic carbocycles. The summed E-state index contributed by atoms with van der Waals surface area (Å²) in [6, 6.07) is 66.2. The summed E-state index contributed by atoms with van der Waals surface area (Å²) < 4.78 is 6.88.